The summed E-state index contributed by atoms with van der Waals surface area (Å²) in [5, 5.41) is 9.81. The van der Waals surface area contributed by atoms with Gasteiger partial charge in [-0.3, -0.25) is 0 Å². The lowest BCUT2D eigenvalue weighted by Gasteiger charge is -2.25. The lowest BCUT2D eigenvalue weighted by Crippen LogP contribution is -2.09. The van der Waals surface area contributed by atoms with Gasteiger partial charge in [0.05, 0.1) is 0 Å². The van der Waals surface area contributed by atoms with E-state index in [1.165, 1.54) is 45.7 Å². The van der Waals surface area contributed by atoms with Crippen LogP contribution in [0.4, 0.5) is 17.1 Å². The van der Waals surface area contributed by atoms with Crippen LogP contribution >= 0.6 is 22.7 Å². The number of rotatable bonds is 3. The van der Waals surface area contributed by atoms with E-state index in [2.05, 4.69) is 144 Å². The summed E-state index contributed by atoms with van der Waals surface area (Å²) in [4.78, 5) is 2.38. The van der Waals surface area contributed by atoms with Crippen LogP contribution < -0.4 is 4.90 Å². The number of thiophene rings is 2. The van der Waals surface area contributed by atoms with E-state index in [-0.39, 0.29) is 0 Å². The third-order valence-corrected chi connectivity index (χ3v) is 11.1. The van der Waals surface area contributed by atoms with Crippen molar-refractivity contribution in [3.8, 4) is 0 Å². The van der Waals surface area contributed by atoms with Crippen LogP contribution in [0.2, 0.25) is 0 Å². The second-order valence-electron chi connectivity index (χ2n) is 11.3. The first kappa shape index (κ1) is 24.3. The van der Waals surface area contributed by atoms with Gasteiger partial charge in [-0.2, -0.15) is 0 Å². The van der Waals surface area contributed by atoms with Gasteiger partial charge >= 0.3 is 0 Å². The van der Waals surface area contributed by atoms with Crippen molar-refractivity contribution in [1.29, 1.82) is 0 Å². The first-order valence-electron chi connectivity index (χ1n) is 14.8. The minimum Gasteiger partial charge on any atom is -0.455 e. The fourth-order valence-corrected chi connectivity index (χ4v) is 9.01. The van der Waals surface area contributed by atoms with Gasteiger partial charge in [0.25, 0.3) is 0 Å². The summed E-state index contributed by atoms with van der Waals surface area (Å²) >= 11 is 3.70. The molecule has 3 aromatic heterocycles. The predicted molar refractivity (Wildman–Crippen MR) is 192 cm³/mol. The van der Waals surface area contributed by atoms with Gasteiger partial charge in [0.1, 0.15) is 11.2 Å². The van der Waals surface area contributed by atoms with E-state index in [1.54, 1.807) is 0 Å². The predicted octanol–water partition coefficient (Wildman–Crippen LogP) is 12.9. The maximum Gasteiger partial charge on any atom is 0.143 e. The van der Waals surface area contributed by atoms with Crippen LogP contribution in [0.3, 0.4) is 0 Å². The highest BCUT2D eigenvalue weighted by Crippen LogP contribution is 2.44. The first-order chi connectivity index (χ1) is 21.8. The summed E-state index contributed by atoms with van der Waals surface area (Å²) in [5.41, 5.74) is 5.16. The molecule has 0 radical (unpaired) electrons. The van der Waals surface area contributed by atoms with Crippen molar-refractivity contribution in [3.63, 3.8) is 0 Å². The number of anilines is 3. The maximum absolute atomic E-state index is 6.63. The van der Waals surface area contributed by atoms with Crippen molar-refractivity contribution in [2.45, 2.75) is 0 Å². The molecule has 0 aliphatic heterocycles. The highest BCUT2D eigenvalue weighted by Gasteiger charge is 2.19. The Kier molecular flexibility index (Phi) is 5.06. The molecule has 10 aromatic rings. The van der Waals surface area contributed by atoms with E-state index < -0.39 is 0 Å². The fraction of sp³-hybridized carbons (Fsp3) is 0. The molecule has 0 aliphatic carbocycles. The Morgan fingerprint density at radius 2 is 0.955 bits per heavy atom. The minimum atomic E-state index is 0.892. The molecule has 0 N–H and O–H groups in total. The van der Waals surface area contributed by atoms with Crippen molar-refractivity contribution in [3.05, 3.63) is 140 Å². The molecule has 0 amide bonds. The van der Waals surface area contributed by atoms with E-state index in [9.17, 15) is 0 Å². The van der Waals surface area contributed by atoms with Crippen molar-refractivity contribution >= 4 is 113 Å². The summed E-state index contributed by atoms with van der Waals surface area (Å²) in [7, 11) is 0. The van der Waals surface area contributed by atoms with Gasteiger partial charge in [0.2, 0.25) is 0 Å². The Morgan fingerprint density at radius 3 is 1.80 bits per heavy atom. The molecule has 0 fully saturated rings. The van der Waals surface area contributed by atoms with Gasteiger partial charge in [0.15, 0.2) is 0 Å². The molecule has 0 atom stereocenters. The van der Waals surface area contributed by atoms with Gasteiger partial charge in [-0.15, -0.1) is 22.7 Å². The third-order valence-electron chi connectivity index (χ3n) is 8.84. The quantitative estimate of drug-likeness (QED) is 0.201. The SMILES string of the molecule is c1ccc2c(c1)ccc1c3ccc(N(c4ccc5c(c4)sc4ccccc45)c4ccc5sc6ccccc6c5c4)cc3oc21. The Morgan fingerprint density at radius 1 is 0.386 bits per heavy atom. The molecule has 0 saturated heterocycles. The summed E-state index contributed by atoms with van der Waals surface area (Å²) in [6.45, 7) is 0. The van der Waals surface area contributed by atoms with Gasteiger partial charge in [-0.25, -0.2) is 0 Å². The molecule has 0 bridgehead atoms. The molecular formula is C40H23NOS2. The largest absolute Gasteiger partial charge is 0.455 e. The van der Waals surface area contributed by atoms with Gasteiger partial charge in [-0.1, -0.05) is 72.8 Å². The van der Waals surface area contributed by atoms with Gasteiger partial charge in [-0.05, 0) is 66.0 Å². The zero-order valence-electron chi connectivity index (χ0n) is 23.5. The minimum absolute atomic E-state index is 0.892. The van der Waals surface area contributed by atoms with Gasteiger partial charge in [0, 0.05) is 79.6 Å². The molecule has 10 rings (SSSR count). The average Bonchev–Trinajstić information content (AvgIpc) is 3.75. The molecule has 0 spiro atoms. The van der Waals surface area contributed by atoms with E-state index in [0.29, 0.717) is 0 Å². The van der Waals surface area contributed by atoms with Crippen LogP contribution in [0.15, 0.2) is 144 Å². The Bertz CT molecular complexity index is 2750. The van der Waals surface area contributed by atoms with E-state index in [4.69, 9.17) is 4.42 Å². The fourth-order valence-electron chi connectivity index (χ4n) is 6.79. The molecule has 0 unspecified atom stereocenters. The van der Waals surface area contributed by atoms with Crippen LogP contribution in [-0.2, 0) is 0 Å². The first-order valence-corrected chi connectivity index (χ1v) is 16.4. The summed E-state index contributed by atoms with van der Waals surface area (Å²) < 4.78 is 11.8. The number of fused-ring (bicyclic) bond motifs is 11. The lowest BCUT2D eigenvalue weighted by atomic mass is 10.1. The molecule has 3 heterocycles. The number of hydrogen-bond donors (Lipinski definition) is 0. The van der Waals surface area contributed by atoms with E-state index in [0.717, 1.165) is 44.4 Å². The van der Waals surface area contributed by atoms with Crippen LogP contribution in [0.1, 0.15) is 0 Å². The smallest absolute Gasteiger partial charge is 0.143 e. The topological polar surface area (TPSA) is 16.4 Å². The number of hydrogen-bond acceptors (Lipinski definition) is 4. The van der Waals surface area contributed by atoms with Crippen LogP contribution in [0.5, 0.6) is 0 Å². The average molecular weight is 598 g/mol. The Balaban J connectivity index is 1.22. The van der Waals surface area contributed by atoms with Crippen molar-refractivity contribution in [2.75, 3.05) is 4.90 Å². The lowest BCUT2D eigenvalue weighted by molar-refractivity contribution is 0.672. The van der Waals surface area contributed by atoms with E-state index >= 15 is 0 Å². The monoisotopic (exact) mass is 597 g/mol. The molecule has 44 heavy (non-hydrogen) atoms. The summed E-state index contributed by atoms with van der Waals surface area (Å²) in [6, 6.07) is 50.6. The van der Waals surface area contributed by atoms with Crippen molar-refractivity contribution < 1.29 is 4.42 Å². The number of nitrogens with zero attached hydrogens (tertiary/aromatic N) is 1. The number of furan rings is 1. The summed E-state index contributed by atoms with van der Waals surface area (Å²) in [5.74, 6) is 0. The molecule has 0 aliphatic rings. The molecule has 0 saturated carbocycles. The molecular weight excluding hydrogens is 575 g/mol. The Labute approximate surface area is 260 Å². The second-order valence-corrected chi connectivity index (χ2v) is 13.5. The highest BCUT2D eigenvalue weighted by molar-refractivity contribution is 7.26. The highest BCUT2D eigenvalue weighted by atomic mass is 32.1. The molecule has 7 aromatic carbocycles. The summed E-state index contributed by atoms with van der Waals surface area (Å²) in [6.07, 6.45) is 0. The molecule has 2 nitrogen and oxygen atoms in total. The normalized spacial score (nSPS) is 12.1. The van der Waals surface area contributed by atoms with Crippen LogP contribution in [0, 0.1) is 0 Å². The Hall–Kier alpha value is -5.16. The maximum atomic E-state index is 6.63. The van der Waals surface area contributed by atoms with E-state index in [1.807, 2.05) is 22.7 Å². The molecule has 206 valence electrons. The zero-order chi connectivity index (χ0) is 28.8. The van der Waals surface area contributed by atoms with Crippen molar-refractivity contribution in [2.24, 2.45) is 0 Å². The third kappa shape index (κ3) is 3.53. The van der Waals surface area contributed by atoms with Crippen molar-refractivity contribution in [1.82, 2.24) is 0 Å². The second kappa shape index (κ2) is 9.17. The van der Waals surface area contributed by atoms with Crippen LogP contribution in [-0.4, -0.2) is 0 Å². The van der Waals surface area contributed by atoms with Crippen LogP contribution in [0.25, 0.3) is 73.1 Å². The van der Waals surface area contributed by atoms with Gasteiger partial charge < -0.3 is 9.32 Å². The molecule has 4 heteroatoms. The zero-order valence-corrected chi connectivity index (χ0v) is 25.1. The number of benzene rings is 7. The standard InChI is InChI=1S/C40H23NOS2/c1-2-8-28-24(7-1)13-17-33-29-18-14-26(22-35(29)42-40(28)33)41(25-16-20-38-34(21-25)31-10-4-6-12-37(31)43-38)27-15-19-32-30-9-3-5-11-36(30)44-39(32)23-27/h1-23H.